The lowest BCUT2D eigenvalue weighted by molar-refractivity contribution is 0.335. The summed E-state index contributed by atoms with van der Waals surface area (Å²) in [6.45, 7) is 0.899. The highest BCUT2D eigenvalue weighted by atomic mass is 15.3. The Hall–Kier alpha value is -2.47. The molecule has 6 nitrogen and oxygen atoms in total. The highest BCUT2D eigenvalue weighted by molar-refractivity contribution is 5.87. The first-order valence-electron chi connectivity index (χ1n) is 8.55. The van der Waals surface area contributed by atoms with Gasteiger partial charge in [0.15, 0.2) is 5.65 Å². The van der Waals surface area contributed by atoms with Gasteiger partial charge in [-0.1, -0.05) is 24.6 Å². The molecule has 124 valence electrons. The number of rotatable bonds is 4. The number of nitrogens with one attached hydrogen (secondary N) is 1. The Morgan fingerprint density at radius 2 is 2.04 bits per heavy atom. The van der Waals surface area contributed by atoms with Gasteiger partial charge in [-0.25, -0.2) is 14.6 Å². The molecular weight excluding hydrogens is 300 g/mol. The summed E-state index contributed by atoms with van der Waals surface area (Å²) in [5.74, 6) is 1.46. The molecule has 24 heavy (non-hydrogen) atoms. The van der Waals surface area contributed by atoms with Crippen LogP contribution in [0.1, 0.15) is 25.7 Å². The van der Waals surface area contributed by atoms with E-state index in [0.29, 0.717) is 12.0 Å². The van der Waals surface area contributed by atoms with Crippen molar-refractivity contribution in [2.75, 3.05) is 11.9 Å². The van der Waals surface area contributed by atoms with E-state index < -0.39 is 0 Å². The lowest BCUT2D eigenvalue weighted by atomic mass is 9.86. The van der Waals surface area contributed by atoms with Crippen molar-refractivity contribution in [3.8, 4) is 5.69 Å². The van der Waals surface area contributed by atoms with E-state index in [4.69, 9.17) is 5.73 Å². The van der Waals surface area contributed by atoms with Gasteiger partial charge < -0.3 is 11.1 Å². The molecule has 0 saturated heterocycles. The minimum Gasteiger partial charge on any atom is -0.369 e. The fraction of sp³-hybridized carbons (Fsp3) is 0.389. The van der Waals surface area contributed by atoms with Crippen LogP contribution in [0.3, 0.4) is 0 Å². The third-order valence-electron chi connectivity index (χ3n) is 4.75. The number of aromatic nitrogens is 4. The largest absolute Gasteiger partial charge is 0.369 e. The van der Waals surface area contributed by atoms with Crippen molar-refractivity contribution in [1.29, 1.82) is 0 Å². The average molecular weight is 322 g/mol. The summed E-state index contributed by atoms with van der Waals surface area (Å²) in [4.78, 5) is 8.82. The summed E-state index contributed by atoms with van der Waals surface area (Å²) in [5.41, 5.74) is 7.90. The molecule has 6 heteroatoms. The van der Waals surface area contributed by atoms with Gasteiger partial charge >= 0.3 is 0 Å². The second kappa shape index (κ2) is 6.57. The van der Waals surface area contributed by atoms with Gasteiger partial charge in [0.1, 0.15) is 12.1 Å². The zero-order valence-corrected chi connectivity index (χ0v) is 13.6. The predicted molar refractivity (Wildman–Crippen MR) is 95.1 cm³/mol. The van der Waals surface area contributed by atoms with Crippen LogP contribution in [-0.2, 0) is 0 Å². The van der Waals surface area contributed by atoms with Crippen LogP contribution in [0.4, 0.5) is 5.82 Å². The van der Waals surface area contributed by atoms with Gasteiger partial charge in [-0.15, -0.1) is 0 Å². The van der Waals surface area contributed by atoms with Gasteiger partial charge in [-0.2, -0.15) is 5.10 Å². The average Bonchev–Trinajstić information content (AvgIpc) is 3.05. The summed E-state index contributed by atoms with van der Waals surface area (Å²) >= 11 is 0. The molecule has 4 rings (SSSR count). The third kappa shape index (κ3) is 2.97. The van der Waals surface area contributed by atoms with Crippen LogP contribution >= 0.6 is 0 Å². The van der Waals surface area contributed by atoms with Crippen molar-refractivity contribution >= 4 is 16.9 Å². The number of benzene rings is 1. The minimum atomic E-state index is 0.344. The van der Waals surface area contributed by atoms with E-state index in [2.05, 4.69) is 20.4 Å². The van der Waals surface area contributed by atoms with Crippen LogP contribution < -0.4 is 11.1 Å². The van der Waals surface area contributed by atoms with Crippen molar-refractivity contribution in [1.82, 2.24) is 19.7 Å². The van der Waals surface area contributed by atoms with E-state index in [-0.39, 0.29) is 0 Å². The molecule has 0 spiro atoms. The maximum absolute atomic E-state index is 6.09. The summed E-state index contributed by atoms with van der Waals surface area (Å²) < 4.78 is 1.85. The van der Waals surface area contributed by atoms with Crippen molar-refractivity contribution in [2.45, 2.75) is 31.7 Å². The lowest BCUT2D eigenvalue weighted by Gasteiger charge is -2.26. The molecule has 0 bridgehead atoms. The molecule has 1 fully saturated rings. The molecule has 1 saturated carbocycles. The molecule has 3 N–H and O–H groups in total. The van der Waals surface area contributed by atoms with Gasteiger partial charge in [-0.05, 0) is 37.3 Å². The molecule has 2 atom stereocenters. The Morgan fingerprint density at radius 3 is 2.88 bits per heavy atom. The Morgan fingerprint density at radius 1 is 1.17 bits per heavy atom. The van der Waals surface area contributed by atoms with Crippen LogP contribution in [0.5, 0.6) is 0 Å². The number of fused-ring (bicyclic) bond motifs is 1. The summed E-state index contributed by atoms with van der Waals surface area (Å²) in [7, 11) is 0. The lowest BCUT2D eigenvalue weighted by Crippen LogP contribution is -2.31. The topological polar surface area (TPSA) is 81.7 Å². The molecule has 0 amide bonds. The monoisotopic (exact) mass is 322 g/mol. The van der Waals surface area contributed by atoms with Crippen LogP contribution in [0.15, 0.2) is 42.9 Å². The zero-order valence-electron chi connectivity index (χ0n) is 13.6. The van der Waals surface area contributed by atoms with Crippen molar-refractivity contribution in [3.63, 3.8) is 0 Å². The smallest absolute Gasteiger partial charge is 0.168 e. The molecular formula is C18H22N6. The first-order valence-corrected chi connectivity index (χ1v) is 8.55. The minimum absolute atomic E-state index is 0.344. The second-order valence-corrected chi connectivity index (χ2v) is 6.53. The van der Waals surface area contributed by atoms with Crippen LogP contribution in [-0.4, -0.2) is 32.3 Å². The fourth-order valence-electron chi connectivity index (χ4n) is 3.50. The molecule has 3 aromatic rings. The number of hydrogen-bond acceptors (Lipinski definition) is 5. The fourth-order valence-corrected chi connectivity index (χ4v) is 3.50. The first-order chi connectivity index (χ1) is 11.8. The van der Waals surface area contributed by atoms with E-state index in [1.807, 2.05) is 41.2 Å². The van der Waals surface area contributed by atoms with Gasteiger partial charge in [-0.3, -0.25) is 0 Å². The van der Waals surface area contributed by atoms with E-state index in [9.17, 15) is 0 Å². The van der Waals surface area contributed by atoms with Gasteiger partial charge in [0.25, 0.3) is 0 Å². The van der Waals surface area contributed by atoms with E-state index in [0.717, 1.165) is 41.9 Å². The SMILES string of the molecule is NC1CCCC(CNc2ncnc3c2cnn3-c2ccccc2)C1. The quantitative estimate of drug-likeness (QED) is 0.772. The number of hydrogen-bond donors (Lipinski definition) is 2. The second-order valence-electron chi connectivity index (χ2n) is 6.53. The molecule has 0 aliphatic heterocycles. The Kier molecular flexibility index (Phi) is 4.13. The predicted octanol–water partition coefficient (Wildman–Crippen LogP) is 2.74. The summed E-state index contributed by atoms with van der Waals surface area (Å²) in [6, 6.07) is 10.4. The summed E-state index contributed by atoms with van der Waals surface area (Å²) in [6.07, 6.45) is 8.12. The number of nitrogens with two attached hydrogens (primary N) is 1. The molecule has 1 aromatic carbocycles. The summed E-state index contributed by atoms with van der Waals surface area (Å²) in [5, 5.41) is 8.92. The third-order valence-corrected chi connectivity index (χ3v) is 4.75. The highest BCUT2D eigenvalue weighted by Crippen LogP contribution is 2.25. The van der Waals surface area contributed by atoms with Crippen molar-refractivity contribution in [3.05, 3.63) is 42.9 Å². The Labute approximate surface area is 141 Å². The molecule has 1 aliphatic carbocycles. The van der Waals surface area contributed by atoms with Crippen molar-refractivity contribution < 1.29 is 0 Å². The van der Waals surface area contributed by atoms with E-state index in [1.165, 1.54) is 12.8 Å². The Bertz CT molecular complexity index is 813. The van der Waals surface area contributed by atoms with Crippen LogP contribution in [0.25, 0.3) is 16.7 Å². The van der Waals surface area contributed by atoms with E-state index in [1.54, 1.807) is 6.33 Å². The van der Waals surface area contributed by atoms with Gasteiger partial charge in [0.2, 0.25) is 0 Å². The van der Waals surface area contributed by atoms with Crippen LogP contribution in [0, 0.1) is 5.92 Å². The number of nitrogens with zero attached hydrogens (tertiary/aromatic N) is 4. The van der Waals surface area contributed by atoms with Crippen molar-refractivity contribution in [2.24, 2.45) is 11.7 Å². The normalized spacial score (nSPS) is 21.0. The van der Waals surface area contributed by atoms with Gasteiger partial charge in [0.05, 0.1) is 17.3 Å². The molecule has 0 radical (unpaired) electrons. The number of anilines is 1. The van der Waals surface area contributed by atoms with Crippen LogP contribution in [0.2, 0.25) is 0 Å². The Balaban J connectivity index is 1.57. The maximum Gasteiger partial charge on any atom is 0.168 e. The maximum atomic E-state index is 6.09. The van der Waals surface area contributed by atoms with Gasteiger partial charge in [0, 0.05) is 12.6 Å². The standard InChI is InChI=1S/C18H22N6/c19-14-6-4-5-13(9-14)10-20-17-16-11-23-24(18(16)22-12-21-17)15-7-2-1-3-8-15/h1-3,7-8,11-14H,4-6,9-10,19H2,(H,20,21,22). The zero-order chi connectivity index (χ0) is 16.4. The molecule has 2 aromatic heterocycles. The highest BCUT2D eigenvalue weighted by Gasteiger charge is 2.19. The molecule has 2 heterocycles. The molecule has 2 unspecified atom stereocenters. The number of para-hydroxylation sites is 1. The van der Waals surface area contributed by atoms with E-state index >= 15 is 0 Å². The molecule has 1 aliphatic rings. The first kappa shape index (κ1) is 15.1.